The number of carboxylic acids is 1. The number of carboxylic acid groups (broad SMARTS) is 1. The molecular weight excluding hydrogens is 256 g/mol. The van der Waals surface area contributed by atoms with Crippen LogP contribution in [0, 0.1) is 0 Å². The number of nitrogens with two attached hydrogens (primary N) is 1. The molecule has 5 heteroatoms. The second-order valence-corrected chi connectivity index (χ2v) is 5.56. The predicted octanol–water partition coefficient (Wildman–Crippen LogP) is 1.08. The van der Waals surface area contributed by atoms with Crippen LogP contribution in [0.1, 0.15) is 36.4 Å². The minimum atomic E-state index is -0.952. The first-order chi connectivity index (χ1) is 9.59. The SMILES string of the molecule is NC1CCCC2c3ccccc3CC(C(=O)O)N2C1=O. The van der Waals surface area contributed by atoms with Gasteiger partial charge >= 0.3 is 5.97 Å². The maximum atomic E-state index is 12.4. The Morgan fingerprint density at radius 3 is 2.80 bits per heavy atom. The first kappa shape index (κ1) is 13.1. The highest BCUT2D eigenvalue weighted by Crippen LogP contribution is 2.38. The number of aliphatic carboxylic acids is 1. The van der Waals surface area contributed by atoms with E-state index in [-0.39, 0.29) is 11.9 Å². The Kier molecular flexibility index (Phi) is 3.22. The molecule has 3 atom stereocenters. The van der Waals surface area contributed by atoms with Gasteiger partial charge in [-0.2, -0.15) is 0 Å². The molecule has 1 saturated heterocycles. The van der Waals surface area contributed by atoms with Crippen molar-refractivity contribution < 1.29 is 14.7 Å². The predicted molar refractivity (Wildman–Crippen MR) is 73.0 cm³/mol. The zero-order valence-electron chi connectivity index (χ0n) is 11.2. The van der Waals surface area contributed by atoms with E-state index in [0.29, 0.717) is 12.8 Å². The van der Waals surface area contributed by atoms with Crippen molar-refractivity contribution in [3.8, 4) is 0 Å². The number of carbonyl (C=O) groups is 2. The third kappa shape index (κ3) is 1.98. The summed E-state index contributed by atoms with van der Waals surface area (Å²) in [4.78, 5) is 25.5. The number of carbonyl (C=O) groups excluding carboxylic acids is 1. The van der Waals surface area contributed by atoms with Gasteiger partial charge in [0.15, 0.2) is 0 Å². The first-order valence-corrected chi connectivity index (χ1v) is 6.98. The molecule has 2 aliphatic rings. The highest BCUT2D eigenvalue weighted by molar-refractivity contribution is 5.88. The number of hydrogen-bond acceptors (Lipinski definition) is 3. The van der Waals surface area contributed by atoms with Crippen LogP contribution in [0.25, 0.3) is 0 Å². The highest BCUT2D eigenvalue weighted by atomic mass is 16.4. The lowest BCUT2D eigenvalue weighted by Gasteiger charge is -2.41. The van der Waals surface area contributed by atoms with Gasteiger partial charge in [-0.15, -0.1) is 0 Å². The zero-order valence-corrected chi connectivity index (χ0v) is 11.2. The van der Waals surface area contributed by atoms with E-state index in [0.717, 1.165) is 24.0 Å². The molecule has 1 amide bonds. The summed E-state index contributed by atoms with van der Waals surface area (Å²) in [5, 5.41) is 9.46. The van der Waals surface area contributed by atoms with Gasteiger partial charge in [-0.05, 0) is 30.4 Å². The van der Waals surface area contributed by atoms with E-state index < -0.39 is 18.1 Å². The third-order valence-corrected chi connectivity index (χ3v) is 4.35. The van der Waals surface area contributed by atoms with Gasteiger partial charge in [-0.1, -0.05) is 24.3 Å². The third-order valence-electron chi connectivity index (χ3n) is 4.35. The molecule has 2 aliphatic heterocycles. The molecule has 0 aromatic heterocycles. The van der Waals surface area contributed by atoms with Gasteiger partial charge in [-0.25, -0.2) is 4.79 Å². The molecule has 2 heterocycles. The van der Waals surface area contributed by atoms with Crippen LogP contribution < -0.4 is 5.73 Å². The lowest BCUT2D eigenvalue weighted by molar-refractivity contribution is -0.153. The number of nitrogens with zero attached hydrogens (tertiary/aromatic N) is 1. The summed E-state index contributed by atoms with van der Waals surface area (Å²) >= 11 is 0. The van der Waals surface area contributed by atoms with Crippen molar-refractivity contribution in [1.29, 1.82) is 0 Å². The van der Waals surface area contributed by atoms with Crippen LogP contribution in [-0.4, -0.2) is 34.0 Å². The molecule has 0 aliphatic carbocycles. The topological polar surface area (TPSA) is 83.6 Å². The van der Waals surface area contributed by atoms with E-state index in [2.05, 4.69) is 0 Å². The lowest BCUT2D eigenvalue weighted by Crippen LogP contribution is -2.54. The summed E-state index contributed by atoms with van der Waals surface area (Å²) in [5.41, 5.74) is 7.99. The van der Waals surface area contributed by atoms with E-state index in [4.69, 9.17) is 5.73 Å². The molecule has 3 N–H and O–H groups in total. The molecule has 1 aromatic rings. The Balaban J connectivity index is 2.10. The van der Waals surface area contributed by atoms with Crippen molar-refractivity contribution >= 4 is 11.9 Å². The zero-order chi connectivity index (χ0) is 14.3. The number of amides is 1. The maximum Gasteiger partial charge on any atom is 0.326 e. The average Bonchev–Trinajstić information content (AvgIpc) is 2.59. The van der Waals surface area contributed by atoms with Crippen molar-refractivity contribution in [2.24, 2.45) is 5.73 Å². The van der Waals surface area contributed by atoms with Gasteiger partial charge in [0.2, 0.25) is 5.91 Å². The van der Waals surface area contributed by atoms with Crippen molar-refractivity contribution in [1.82, 2.24) is 4.90 Å². The minimum absolute atomic E-state index is 0.151. The second kappa shape index (κ2) is 4.90. The van der Waals surface area contributed by atoms with E-state index in [9.17, 15) is 14.7 Å². The van der Waals surface area contributed by atoms with Crippen LogP contribution in [0.4, 0.5) is 0 Å². The Morgan fingerprint density at radius 1 is 1.30 bits per heavy atom. The highest BCUT2D eigenvalue weighted by Gasteiger charge is 2.43. The fraction of sp³-hybridized carbons (Fsp3) is 0.467. The van der Waals surface area contributed by atoms with E-state index in [1.54, 1.807) is 0 Å². The summed E-state index contributed by atoms with van der Waals surface area (Å²) in [6.45, 7) is 0. The van der Waals surface area contributed by atoms with Crippen molar-refractivity contribution in [3.63, 3.8) is 0 Å². The van der Waals surface area contributed by atoms with Gasteiger partial charge in [0.25, 0.3) is 0 Å². The molecule has 1 aromatic carbocycles. The lowest BCUT2D eigenvalue weighted by atomic mass is 9.86. The molecule has 0 bridgehead atoms. The summed E-state index contributed by atoms with van der Waals surface area (Å²) < 4.78 is 0. The fourth-order valence-electron chi connectivity index (χ4n) is 3.37. The monoisotopic (exact) mass is 274 g/mol. The molecule has 0 saturated carbocycles. The van der Waals surface area contributed by atoms with Crippen molar-refractivity contribution in [2.45, 2.75) is 43.8 Å². The van der Waals surface area contributed by atoms with Crippen molar-refractivity contribution in [3.05, 3.63) is 35.4 Å². The molecular formula is C15H18N2O3. The quantitative estimate of drug-likeness (QED) is 0.802. The van der Waals surface area contributed by atoms with Crippen molar-refractivity contribution in [2.75, 3.05) is 0 Å². The van der Waals surface area contributed by atoms with Gasteiger partial charge < -0.3 is 15.7 Å². The molecule has 5 nitrogen and oxygen atoms in total. The largest absolute Gasteiger partial charge is 0.480 e. The molecule has 0 radical (unpaired) electrons. The fourth-order valence-corrected chi connectivity index (χ4v) is 3.37. The van der Waals surface area contributed by atoms with Crippen LogP contribution >= 0.6 is 0 Å². The summed E-state index contributed by atoms with van der Waals surface area (Å²) in [5.74, 6) is -1.18. The Hall–Kier alpha value is -1.88. The van der Waals surface area contributed by atoms with Crippen LogP contribution in [0.2, 0.25) is 0 Å². The Labute approximate surface area is 117 Å². The standard InChI is InChI=1S/C15H18N2O3/c16-11-6-3-7-12-10-5-2-1-4-9(10)8-13(15(19)20)17(12)14(11)18/h1-2,4-5,11-13H,3,6-8,16H2,(H,19,20). The summed E-state index contributed by atoms with van der Waals surface area (Å²) in [7, 11) is 0. The normalized spacial score (nSPS) is 29.4. The maximum absolute atomic E-state index is 12.4. The average molecular weight is 274 g/mol. The molecule has 20 heavy (non-hydrogen) atoms. The number of fused-ring (bicyclic) bond motifs is 3. The van der Waals surface area contributed by atoms with Crippen LogP contribution in [0.3, 0.4) is 0 Å². The summed E-state index contributed by atoms with van der Waals surface area (Å²) in [6, 6.07) is 6.28. The Morgan fingerprint density at radius 2 is 2.05 bits per heavy atom. The number of benzene rings is 1. The molecule has 1 fully saturated rings. The molecule has 0 spiro atoms. The summed E-state index contributed by atoms with van der Waals surface area (Å²) in [6.07, 6.45) is 2.61. The molecule has 3 unspecified atom stereocenters. The van der Waals surface area contributed by atoms with E-state index >= 15 is 0 Å². The molecule has 106 valence electrons. The molecule has 3 rings (SSSR count). The smallest absolute Gasteiger partial charge is 0.326 e. The van der Waals surface area contributed by atoms with E-state index in [1.165, 1.54) is 4.90 Å². The van der Waals surface area contributed by atoms with E-state index in [1.807, 2.05) is 24.3 Å². The van der Waals surface area contributed by atoms with Crippen LogP contribution in [0.15, 0.2) is 24.3 Å². The van der Waals surface area contributed by atoms with Gasteiger partial charge in [-0.3, -0.25) is 4.79 Å². The number of rotatable bonds is 1. The first-order valence-electron chi connectivity index (χ1n) is 6.98. The Bertz CT molecular complexity index is 558. The van der Waals surface area contributed by atoms with Gasteiger partial charge in [0.05, 0.1) is 12.1 Å². The minimum Gasteiger partial charge on any atom is -0.480 e. The second-order valence-electron chi connectivity index (χ2n) is 5.56. The van der Waals surface area contributed by atoms with Gasteiger partial charge in [0.1, 0.15) is 6.04 Å². The number of hydrogen-bond donors (Lipinski definition) is 2. The van der Waals surface area contributed by atoms with Crippen LogP contribution in [0.5, 0.6) is 0 Å². The van der Waals surface area contributed by atoms with Crippen LogP contribution in [-0.2, 0) is 16.0 Å². The van der Waals surface area contributed by atoms with Gasteiger partial charge in [0, 0.05) is 6.42 Å².